The standard InChI is InChI=1S/C15H21N3O.C2HF3O2/c19-14-5-7-15(17-14)6-3-10-18(11-8-15)12-13-4-1-2-9-16-13;3-2(4,5)1(6)7/h1-2,4,9H,3,5-8,10-12H2,(H,17,19);(H,6,7). The van der Waals surface area contributed by atoms with E-state index >= 15 is 0 Å². The quantitative estimate of drug-likeness (QED) is 0.832. The number of halogens is 3. The zero-order chi connectivity index (χ0) is 19.2. The first-order valence-corrected chi connectivity index (χ1v) is 8.44. The van der Waals surface area contributed by atoms with Gasteiger partial charge in [-0.25, -0.2) is 4.79 Å². The summed E-state index contributed by atoms with van der Waals surface area (Å²) in [6.45, 7) is 3.08. The van der Waals surface area contributed by atoms with Crippen LogP contribution >= 0.6 is 0 Å². The summed E-state index contributed by atoms with van der Waals surface area (Å²) >= 11 is 0. The van der Waals surface area contributed by atoms with Crippen molar-refractivity contribution in [3.05, 3.63) is 30.1 Å². The van der Waals surface area contributed by atoms with Crippen LogP contribution in [-0.4, -0.2) is 51.7 Å². The van der Waals surface area contributed by atoms with Crippen LogP contribution in [0.1, 0.15) is 37.8 Å². The second kappa shape index (κ2) is 8.48. The molecule has 6 nitrogen and oxygen atoms in total. The maximum absolute atomic E-state index is 11.5. The van der Waals surface area contributed by atoms with Crippen molar-refractivity contribution in [3.63, 3.8) is 0 Å². The van der Waals surface area contributed by atoms with Crippen molar-refractivity contribution in [1.29, 1.82) is 0 Å². The van der Waals surface area contributed by atoms with Gasteiger partial charge in [-0.05, 0) is 44.4 Å². The van der Waals surface area contributed by atoms with Crippen molar-refractivity contribution in [2.45, 2.75) is 50.4 Å². The number of nitrogens with zero attached hydrogens (tertiary/aromatic N) is 2. The molecule has 1 atom stereocenters. The third kappa shape index (κ3) is 5.98. The Morgan fingerprint density at radius 2 is 2.00 bits per heavy atom. The van der Waals surface area contributed by atoms with Crippen LogP contribution in [0.4, 0.5) is 13.2 Å². The molecule has 144 valence electrons. The van der Waals surface area contributed by atoms with Gasteiger partial charge < -0.3 is 10.4 Å². The number of alkyl halides is 3. The van der Waals surface area contributed by atoms with E-state index in [1.54, 1.807) is 0 Å². The second-order valence-electron chi connectivity index (χ2n) is 6.58. The molecule has 0 radical (unpaired) electrons. The van der Waals surface area contributed by atoms with E-state index in [4.69, 9.17) is 9.90 Å². The SMILES string of the molecule is O=C(O)C(F)(F)F.O=C1CCC2(CCCN(Cc3ccccn3)CC2)N1. The number of hydrogen-bond acceptors (Lipinski definition) is 4. The van der Waals surface area contributed by atoms with Crippen molar-refractivity contribution < 1.29 is 27.9 Å². The van der Waals surface area contributed by atoms with Crippen LogP contribution in [0.25, 0.3) is 0 Å². The van der Waals surface area contributed by atoms with Crippen LogP contribution in [0.5, 0.6) is 0 Å². The molecule has 0 saturated carbocycles. The number of rotatable bonds is 2. The van der Waals surface area contributed by atoms with Crippen molar-refractivity contribution in [2.24, 2.45) is 0 Å². The average molecular weight is 373 g/mol. The number of carbonyl (C=O) groups excluding carboxylic acids is 1. The van der Waals surface area contributed by atoms with Crippen LogP contribution in [0.3, 0.4) is 0 Å². The van der Waals surface area contributed by atoms with E-state index < -0.39 is 12.1 Å². The maximum Gasteiger partial charge on any atom is 0.490 e. The second-order valence-corrected chi connectivity index (χ2v) is 6.58. The summed E-state index contributed by atoms with van der Waals surface area (Å²) in [5.74, 6) is -2.52. The largest absolute Gasteiger partial charge is 0.490 e. The Kier molecular flexibility index (Phi) is 6.57. The summed E-state index contributed by atoms with van der Waals surface area (Å²) in [6.07, 6.45) is 1.85. The van der Waals surface area contributed by atoms with E-state index in [-0.39, 0.29) is 11.4 Å². The number of amides is 1. The van der Waals surface area contributed by atoms with E-state index in [0.29, 0.717) is 6.42 Å². The summed E-state index contributed by atoms with van der Waals surface area (Å²) in [4.78, 5) is 27.2. The van der Waals surface area contributed by atoms with Crippen LogP contribution in [0.15, 0.2) is 24.4 Å². The van der Waals surface area contributed by atoms with Crippen molar-refractivity contribution >= 4 is 11.9 Å². The Morgan fingerprint density at radius 3 is 2.54 bits per heavy atom. The number of aromatic nitrogens is 1. The van der Waals surface area contributed by atoms with Crippen molar-refractivity contribution in [1.82, 2.24) is 15.2 Å². The normalized spacial score (nSPS) is 23.7. The maximum atomic E-state index is 11.5. The number of hydrogen-bond donors (Lipinski definition) is 2. The number of carboxylic acid groups (broad SMARTS) is 1. The van der Waals surface area contributed by atoms with Gasteiger partial charge in [-0.2, -0.15) is 13.2 Å². The predicted molar refractivity (Wildman–Crippen MR) is 87.2 cm³/mol. The molecule has 2 aliphatic rings. The van der Waals surface area contributed by atoms with Gasteiger partial charge in [0.2, 0.25) is 5.91 Å². The third-order valence-corrected chi connectivity index (χ3v) is 4.63. The smallest absolute Gasteiger partial charge is 0.475 e. The molecule has 1 aromatic rings. The molecular formula is C17H22F3N3O3. The van der Waals surface area contributed by atoms with Crippen LogP contribution in [0, 0.1) is 0 Å². The van der Waals surface area contributed by atoms with Crippen LogP contribution < -0.4 is 5.32 Å². The average Bonchev–Trinajstić information content (AvgIpc) is 2.82. The number of carbonyl (C=O) groups is 2. The lowest BCUT2D eigenvalue weighted by atomic mass is 9.89. The number of pyridine rings is 1. The number of nitrogens with one attached hydrogen (secondary N) is 1. The highest BCUT2D eigenvalue weighted by Crippen LogP contribution is 2.31. The lowest BCUT2D eigenvalue weighted by Crippen LogP contribution is -2.42. The van der Waals surface area contributed by atoms with Gasteiger partial charge in [0.15, 0.2) is 0 Å². The molecule has 9 heteroatoms. The van der Waals surface area contributed by atoms with Crippen molar-refractivity contribution in [2.75, 3.05) is 13.1 Å². The van der Waals surface area contributed by atoms with E-state index in [1.165, 1.54) is 0 Å². The lowest BCUT2D eigenvalue weighted by Gasteiger charge is -2.27. The predicted octanol–water partition coefficient (Wildman–Crippen LogP) is 2.35. The van der Waals surface area contributed by atoms with Gasteiger partial charge >= 0.3 is 12.1 Å². The first-order chi connectivity index (χ1) is 12.2. The highest BCUT2D eigenvalue weighted by molar-refractivity contribution is 5.79. The van der Waals surface area contributed by atoms with E-state index in [9.17, 15) is 18.0 Å². The van der Waals surface area contributed by atoms with Crippen LogP contribution in [0.2, 0.25) is 0 Å². The molecule has 2 saturated heterocycles. The highest BCUT2D eigenvalue weighted by Gasteiger charge is 2.39. The molecule has 2 fully saturated rings. The minimum atomic E-state index is -5.08. The van der Waals surface area contributed by atoms with Gasteiger partial charge in [-0.1, -0.05) is 6.07 Å². The number of carboxylic acids is 1. The van der Waals surface area contributed by atoms with Gasteiger partial charge in [-0.3, -0.25) is 14.7 Å². The van der Waals surface area contributed by atoms with Gasteiger partial charge in [-0.15, -0.1) is 0 Å². The molecule has 0 aromatic carbocycles. The van der Waals surface area contributed by atoms with E-state index in [1.807, 2.05) is 18.3 Å². The molecule has 1 amide bonds. The zero-order valence-electron chi connectivity index (χ0n) is 14.3. The Balaban J connectivity index is 0.000000298. The summed E-state index contributed by atoms with van der Waals surface area (Å²) in [5, 5.41) is 10.3. The Hall–Kier alpha value is -2.16. The Bertz CT molecular complexity index is 625. The zero-order valence-corrected chi connectivity index (χ0v) is 14.3. The Morgan fingerprint density at radius 1 is 1.27 bits per heavy atom. The monoisotopic (exact) mass is 373 g/mol. The van der Waals surface area contributed by atoms with Gasteiger partial charge in [0.1, 0.15) is 0 Å². The summed E-state index contributed by atoms with van der Waals surface area (Å²) in [7, 11) is 0. The molecule has 2 N–H and O–H groups in total. The highest BCUT2D eigenvalue weighted by atomic mass is 19.4. The molecule has 3 heterocycles. The van der Waals surface area contributed by atoms with E-state index in [2.05, 4.69) is 21.3 Å². The molecule has 1 unspecified atom stereocenters. The molecule has 1 aromatic heterocycles. The van der Waals surface area contributed by atoms with Gasteiger partial charge in [0.05, 0.1) is 5.69 Å². The molecule has 26 heavy (non-hydrogen) atoms. The number of aliphatic carboxylic acids is 1. The first kappa shape index (κ1) is 20.2. The lowest BCUT2D eigenvalue weighted by molar-refractivity contribution is -0.192. The molecule has 1 spiro atoms. The molecular weight excluding hydrogens is 351 g/mol. The molecule has 0 aliphatic carbocycles. The fourth-order valence-electron chi connectivity index (χ4n) is 3.28. The minimum absolute atomic E-state index is 0.0932. The Labute approximate surface area is 149 Å². The summed E-state index contributed by atoms with van der Waals surface area (Å²) < 4.78 is 31.7. The summed E-state index contributed by atoms with van der Waals surface area (Å²) in [5.41, 5.74) is 1.23. The topological polar surface area (TPSA) is 82.5 Å². The molecule has 0 bridgehead atoms. The molecule has 3 rings (SSSR count). The van der Waals surface area contributed by atoms with Gasteiger partial charge in [0.25, 0.3) is 0 Å². The third-order valence-electron chi connectivity index (χ3n) is 4.63. The fraction of sp³-hybridized carbons (Fsp3) is 0.588. The van der Waals surface area contributed by atoms with Crippen molar-refractivity contribution in [3.8, 4) is 0 Å². The van der Waals surface area contributed by atoms with Crippen LogP contribution in [-0.2, 0) is 16.1 Å². The minimum Gasteiger partial charge on any atom is -0.475 e. The fourth-order valence-corrected chi connectivity index (χ4v) is 3.28. The van der Waals surface area contributed by atoms with E-state index in [0.717, 1.165) is 51.0 Å². The first-order valence-electron chi connectivity index (χ1n) is 8.44. The number of likely N-dealkylation sites (tertiary alicyclic amines) is 1. The summed E-state index contributed by atoms with van der Waals surface area (Å²) in [6, 6.07) is 6.08. The van der Waals surface area contributed by atoms with Gasteiger partial charge in [0, 0.05) is 31.2 Å². The molecule has 2 aliphatic heterocycles.